The van der Waals surface area contributed by atoms with Crippen molar-refractivity contribution in [3.8, 4) is 0 Å². The van der Waals surface area contributed by atoms with Gasteiger partial charge in [0.1, 0.15) is 5.82 Å². The molecule has 0 saturated heterocycles. The van der Waals surface area contributed by atoms with Gasteiger partial charge in [-0.1, -0.05) is 42.6 Å². The molecule has 0 bridgehead atoms. The van der Waals surface area contributed by atoms with E-state index in [4.69, 9.17) is 11.6 Å². The van der Waals surface area contributed by atoms with Crippen LogP contribution in [0.4, 0.5) is 26.2 Å². The van der Waals surface area contributed by atoms with Gasteiger partial charge in [-0.3, -0.25) is 4.79 Å². The molecule has 3 aromatic rings. The van der Waals surface area contributed by atoms with Crippen molar-refractivity contribution in [2.75, 3.05) is 14.9 Å². The van der Waals surface area contributed by atoms with E-state index in [1.807, 2.05) is 6.92 Å². The number of thiol groups is 1. The van der Waals surface area contributed by atoms with Crippen LogP contribution in [-0.4, -0.2) is 11.9 Å². The van der Waals surface area contributed by atoms with Crippen LogP contribution in [0.5, 0.6) is 0 Å². The van der Waals surface area contributed by atoms with Crippen molar-refractivity contribution in [2.45, 2.75) is 6.92 Å². The summed E-state index contributed by atoms with van der Waals surface area (Å²) < 4.78 is 14.8. The average molecular weight is 430 g/mol. The van der Waals surface area contributed by atoms with E-state index in [0.29, 0.717) is 22.1 Å². The van der Waals surface area contributed by atoms with Crippen molar-refractivity contribution in [1.82, 2.24) is 0 Å². The van der Waals surface area contributed by atoms with Gasteiger partial charge in [-0.2, -0.15) is 0 Å². The topological polar surface area (TPSA) is 61.4 Å². The molecule has 148 valence electrons. The molecule has 0 spiro atoms. The van der Waals surface area contributed by atoms with E-state index in [1.165, 1.54) is 18.2 Å². The van der Waals surface area contributed by atoms with Gasteiger partial charge in [0.2, 0.25) is 0 Å². The van der Waals surface area contributed by atoms with Gasteiger partial charge in [-0.15, -0.1) is 0 Å². The predicted molar refractivity (Wildman–Crippen MR) is 117 cm³/mol. The Morgan fingerprint density at radius 1 is 0.966 bits per heavy atom. The largest absolute Gasteiger partial charge is 0.336 e. The highest BCUT2D eigenvalue weighted by Crippen LogP contribution is 2.23. The normalized spacial score (nSPS) is 10.3. The molecule has 3 aromatic carbocycles. The maximum Gasteiger partial charge on any atom is 0.336 e. The van der Waals surface area contributed by atoms with Crippen molar-refractivity contribution in [1.29, 1.82) is 0 Å². The van der Waals surface area contributed by atoms with Crippen molar-refractivity contribution in [3.63, 3.8) is 0 Å². The van der Waals surface area contributed by atoms with E-state index in [2.05, 4.69) is 23.4 Å². The fourth-order valence-electron chi connectivity index (χ4n) is 2.49. The smallest absolute Gasteiger partial charge is 0.322 e. The van der Waals surface area contributed by atoms with Gasteiger partial charge in [0.05, 0.1) is 11.3 Å². The summed E-state index contributed by atoms with van der Waals surface area (Å²) in [6.07, 6.45) is 0. The number of urea groups is 1. The number of rotatable bonds is 4. The van der Waals surface area contributed by atoms with Gasteiger partial charge in [-0.25, -0.2) is 13.5 Å². The number of nitrogens with one attached hydrogen (secondary N) is 2. The molecule has 0 fully saturated rings. The first-order valence-electron chi connectivity index (χ1n) is 8.57. The molecule has 3 amide bonds. The number of hydrogen-bond acceptors (Lipinski definition) is 3. The molecule has 3 rings (SSSR count). The standard InChI is InChI=1S/C21H17ClFN3O2S/c1-13-6-7-15(12-18(13)22)25-21(28)26(29)16-10-8-14(9-11-16)24-20(27)17-4-2-3-5-19(17)23/h2-12,29H,1H3,(H,24,27)(H,25,28). The zero-order valence-electron chi connectivity index (χ0n) is 15.3. The molecular weight excluding hydrogens is 413 g/mol. The van der Waals surface area contributed by atoms with Gasteiger partial charge in [0.25, 0.3) is 5.91 Å². The van der Waals surface area contributed by atoms with E-state index in [1.54, 1.807) is 48.5 Å². The third-order valence-electron chi connectivity index (χ3n) is 4.10. The van der Waals surface area contributed by atoms with Gasteiger partial charge in [0, 0.05) is 16.4 Å². The van der Waals surface area contributed by atoms with Crippen molar-refractivity contribution >= 4 is 53.4 Å². The first kappa shape index (κ1) is 20.7. The molecule has 0 aromatic heterocycles. The molecule has 0 aliphatic rings. The van der Waals surface area contributed by atoms with Crippen LogP contribution in [0.3, 0.4) is 0 Å². The van der Waals surface area contributed by atoms with Gasteiger partial charge in [0.15, 0.2) is 0 Å². The van der Waals surface area contributed by atoms with Crippen LogP contribution in [0, 0.1) is 12.7 Å². The zero-order chi connectivity index (χ0) is 21.0. The molecule has 0 radical (unpaired) electrons. The number of anilines is 3. The number of amides is 3. The molecule has 0 atom stereocenters. The lowest BCUT2D eigenvalue weighted by atomic mass is 10.2. The maximum absolute atomic E-state index is 13.7. The van der Waals surface area contributed by atoms with Crippen molar-refractivity contribution < 1.29 is 14.0 Å². The molecular formula is C21H17ClFN3O2S. The molecule has 0 aliphatic carbocycles. The molecule has 0 saturated carbocycles. The number of hydrogen-bond donors (Lipinski definition) is 3. The van der Waals surface area contributed by atoms with Crippen LogP contribution in [0.2, 0.25) is 5.02 Å². The van der Waals surface area contributed by atoms with E-state index in [0.717, 1.165) is 9.87 Å². The summed E-state index contributed by atoms with van der Waals surface area (Å²) in [6, 6.07) is 16.8. The summed E-state index contributed by atoms with van der Waals surface area (Å²) >= 11 is 10.3. The minimum Gasteiger partial charge on any atom is -0.322 e. The number of carbonyl (C=O) groups excluding carboxylic acids is 2. The molecule has 5 nitrogen and oxygen atoms in total. The molecule has 2 N–H and O–H groups in total. The number of halogens is 2. The summed E-state index contributed by atoms with van der Waals surface area (Å²) in [5.74, 6) is -1.16. The number of nitrogens with zero attached hydrogens (tertiary/aromatic N) is 1. The molecule has 0 unspecified atom stereocenters. The third kappa shape index (κ3) is 5.07. The first-order chi connectivity index (χ1) is 13.8. The number of carbonyl (C=O) groups is 2. The Hall–Kier alpha value is -3.03. The van der Waals surface area contributed by atoms with Gasteiger partial charge < -0.3 is 10.6 Å². The highest BCUT2D eigenvalue weighted by molar-refractivity contribution is 7.82. The fraction of sp³-hybridized carbons (Fsp3) is 0.0476. The molecule has 8 heteroatoms. The van der Waals surface area contributed by atoms with Crippen LogP contribution in [0.15, 0.2) is 66.7 Å². The summed E-state index contributed by atoms with van der Waals surface area (Å²) in [7, 11) is 0. The zero-order valence-corrected chi connectivity index (χ0v) is 17.0. The second-order valence-corrected chi connectivity index (χ2v) is 6.99. The Morgan fingerprint density at radius 3 is 2.28 bits per heavy atom. The minimum absolute atomic E-state index is 0.0523. The van der Waals surface area contributed by atoms with Crippen molar-refractivity contribution in [2.24, 2.45) is 0 Å². The quantitative estimate of drug-likeness (QED) is 0.450. The second kappa shape index (κ2) is 8.98. The Labute approximate surface area is 178 Å². The van der Waals surface area contributed by atoms with Crippen LogP contribution in [0.1, 0.15) is 15.9 Å². The Morgan fingerprint density at radius 2 is 1.62 bits per heavy atom. The van der Waals surface area contributed by atoms with Crippen LogP contribution < -0.4 is 14.9 Å². The maximum atomic E-state index is 13.7. The lowest BCUT2D eigenvalue weighted by molar-refractivity contribution is 0.102. The molecule has 0 heterocycles. The second-order valence-electron chi connectivity index (χ2n) is 6.19. The van der Waals surface area contributed by atoms with E-state index in [-0.39, 0.29) is 5.56 Å². The van der Waals surface area contributed by atoms with Crippen molar-refractivity contribution in [3.05, 3.63) is 88.7 Å². The average Bonchev–Trinajstić information content (AvgIpc) is 2.71. The van der Waals surface area contributed by atoms with Crippen LogP contribution >= 0.6 is 24.4 Å². The third-order valence-corrected chi connectivity index (χ3v) is 4.92. The number of benzene rings is 3. The summed E-state index contributed by atoms with van der Waals surface area (Å²) in [4.78, 5) is 24.5. The highest BCUT2D eigenvalue weighted by Gasteiger charge is 2.14. The first-order valence-corrected chi connectivity index (χ1v) is 9.35. The predicted octanol–water partition coefficient (Wildman–Crippen LogP) is 5.92. The van der Waals surface area contributed by atoms with Gasteiger partial charge >= 0.3 is 6.03 Å². The van der Waals surface area contributed by atoms with Gasteiger partial charge in [-0.05, 0) is 61.0 Å². The number of aryl methyl sites for hydroxylation is 1. The highest BCUT2D eigenvalue weighted by atomic mass is 35.5. The Balaban J connectivity index is 1.65. The van der Waals surface area contributed by atoms with E-state index >= 15 is 0 Å². The summed E-state index contributed by atoms with van der Waals surface area (Å²) in [5.41, 5.74) is 2.32. The van der Waals surface area contributed by atoms with Crippen LogP contribution in [0.25, 0.3) is 0 Å². The summed E-state index contributed by atoms with van der Waals surface area (Å²) in [6.45, 7) is 1.87. The molecule has 29 heavy (non-hydrogen) atoms. The minimum atomic E-state index is -0.601. The van der Waals surface area contributed by atoms with Crippen LogP contribution in [-0.2, 0) is 0 Å². The Kier molecular flexibility index (Phi) is 6.41. The fourth-order valence-corrected chi connectivity index (χ4v) is 2.86. The summed E-state index contributed by atoms with van der Waals surface area (Å²) in [5, 5.41) is 5.85. The monoisotopic (exact) mass is 429 g/mol. The molecule has 0 aliphatic heterocycles. The van der Waals surface area contributed by atoms with E-state index < -0.39 is 17.8 Å². The lowest BCUT2D eigenvalue weighted by Crippen LogP contribution is -2.26. The Bertz CT molecular complexity index is 1060. The lowest BCUT2D eigenvalue weighted by Gasteiger charge is -2.17. The van der Waals surface area contributed by atoms with E-state index in [9.17, 15) is 14.0 Å². The SMILES string of the molecule is Cc1ccc(NC(=O)N(S)c2ccc(NC(=O)c3ccccc3F)cc2)cc1Cl.